The largest absolute Gasteiger partial charge is 0.326 e. The molecule has 1 aliphatic rings. The molecule has 1 aromatic rings. The average Bonchev–Trinajstić information content (AvgIpc) is 2.48. The lowest BCUT2D eigenvalue weighted by molar-refractivity contribution is 0.303. The number of hydrogen-bond acceptors (Lipinski definition) is 2. The Kier molecular flexibility index (Phi) is 2.91. The van der Waals surface area contributed by atoms with Crippen LogP contribution in [0, 0.1) is 0 Å². The van der Waals surface area contributed by atoms with Crippen LogP contribution >= 0.6 is 15.9 Å². The van der Waals surface area contributed by atoms with Crippen LogP contribution in [0.25, 0.3) is 0 Å². The lowest BCUT2D eigenvalue weighted by Gasteiger charge is -2.24. The highest BCUT2D eigenvalue weighted by molar-refractivity contribution is 9.10. The molecule has 0 aliphatic carbocycles. The van der Waals surface area contributed by atoms with Crippen LogP contribution in [-0.2, 0) is 0 Å². The molecule has 3 heteroatoms. The van der Waals surface area contributed by atoms with Gasteiger partial charge >= 0.3 is 0 Å². The monoisotopic (exact) mass is 254 g/mol. The summed E-state index contributed by atoms with van der Waals surface area (Å²) in [5.74, 6) is 0. The number of halogens is 1. The molecular weight excluding hydrogens is 240 g/mol. The Hall–Kier alpha value is -0.380. The molecule has 1 fully saturated rings. The number of likely N-dealkylation sites (tertiary alicyclic amines) is 1. The first-order valence-corrected chi connectivity index (χ1v) is 5.69. The second kappa shape index (κ2) is 4.01. The van der Waals surface area contributed by atoms with Gasteiger partial charge in [-0.15, -0.1) is 0 Å². The van der Waals surface area contributed by atoms with E-state index in [1.807, 2.05) is 6.07 Å². The zero-order valence-electron chi connectivity index (χ0n) is 8.28. The number of nitrogens with two attached hydrogens (primary N) is 1. The van der Waals surface area contributed by atoms with Crippen LogP contribution in [-0.4, -0.2) is 24.5 Å². The molecule has 1 aromatic carbocycles. The fourth-order valence-corrected chi connectivity index (χ4v) is 2.68. The quantitative estimate of drug-likeness (QED) is 0.833. The summed E-state index contributed by atoms with van der Waals surface area (Å²) < 4.78 is 1.16. The van der Waals surface area contributed by atoms with Crippen LogP contribution in [0.4, 0.5) is 0 Å². The zero-order valence-corrected chi connectivity index (χ0v) is 9.87. The van der Waals surface area contributed by atoms with E-state index in [0.717, 1.165) is 17.4 Å². The molecule has 2 nitrogen and oxygen atoms in total. The van der Waals surface area contributed by atoms with Crippen molar-refractivity contribution in [3.8, 4) is 0 Å². The summed E-state index contributed by atoms with van der Waals surface area (Å²) in [5, 5.41) is 0. The Morgan fingerprint density at radius 3 is 2.71 bits per heavy atom. The van der Waals surface area contributed by atoms with Crippen LogP contribution < -0.4 is 5.73 Å². The Balaban J connectivity index is 2.34. The first kappa shape index (κ1) is 10.1. The van der Waals surface area contributed by atoms with Crippen molar-refractivity contribution in [2.75, 3.05) is 13.6 Å². The molecule has 1 aliphatic heterocycles. The zero-order chi connectivity index (χ0) is 10.1. The molecular formula is C11H15BrN2. The van der Waals surface area contributed by atoms with Crippen molar-refractivity contribution in [2.45, 2.75) is 18.5 Å². The van der Waals surface area contributed by atoms with Crippen molar-refractivity contribution in [3.05, 3.63) is 34.3 Å². The summed E-state index contributed by atoms with van der Waals surface area (Å²) in [6.07, 6.45) is 1.09. The minimum atomic E-state index is 0.263. The SMILES string of the molecule is CN1CCC(N)C1c1ccccc1Br. The smallest absolute Gasteiger partial charge is 0.0508 e. The summed E-state index contributed by atoms with van der Waals surface area (Å²) in [4.78, 5) is 2.32. The Bertz CT molecular complexity index is 317. The van der Waals surface area contributed by atoms with E-state index < -0.39 is 0 Å². The summed E-state index contributed by atoms with van der Waals surface area (Å²) in [5.41, 5.74) is 7.41. The molecule has 14 heavy (non-hydrogen) atoms. The number of hydrogen-bond donors (Lipinski definition) is 1. The van der Waals surface area contributed by atoms with E-state index in [0.29, 0.717) is 6.04 Å². The van der Waals surface area contributed by atoms with Gasteiger partial charge in [0.2, 0.25) is 0 Å². The fraction of sp³-hybridized carbons (Fsp3) is 0.455. The van der Waals surface area contributed by atoms with Gasteiger partial charge in [0.25, 0.3) is 0 Å². The van der Waals surface area contributed by atoms with Crippen LogP contribution in [0.15, 0.2) is 28.7 Å². The Morgan fingerprint density at radius 1 is 1.43 bits per heavy atom. The van der Waals surface area contributed by atoms with Crippen molar-refractivity contribution < 1.29 is 0 Å². The number of nitrogens with zero attached hydrogens (tertiary/aromatic N) is 1. The number of rotatable bonds is 1. The third kappa shape index (κ3) is 1.72. The normalized spacial score (nSPS) is 28.2. The standard InChI is InChI=1S/C11H15BrN2/c1-14-7-6-10(13)11(14)8-4-2-3-5-9(8)12/h2-5,10-11H,6-7,13H2,1H3. The number of likely N-dealkylation sites (N-methyl/N-ethyl adjacent to an activating group) is 1. The molecule has 2 N–H and O–H groups in total. The molecule has 1 saturated heterocycles. The van der Waals surface area contributed by atoms with Gasteiger partial charge in [0.1, 0.15) is 0 Å². The molecule has 0 amide bonds. The van der Waals surface area contributed by atoms with E-state index in [1.54, 1.807) is 0 Å². The van der Waals surface area contributed by atoms with Crippen LogP contribution in [0.3, 0.4) is 0 Å². The van der Waals surface area contributed by atoms with Gasteiger partial charge in [-0.2, -0.15) is 0 Å². The first-order chi connectivity index (χ1) is 6.70. The first-order valence-electron chi connectivity index (χ1n) is 4.90. The van der Waals surface area contributed by atoms with Crippen molar-refractivity contribution in [1.29, 1.82) is 0 Å². The molecule has 76 valence electrons. The van der Waals surface area contributed by atoms with Gasteiger partial charge in [0, 0.05) is 17.1 Å². The van der Waals surface area contributed by atoms with Crippen molar-refractivity contribution >= 4 is 15.9 Å². The molecule has 1 heterocycles. The van der Waals surface area contributed by atoms with E-state index in [1.165, 1.54) is 5.56 Å². The fourth-order valence-electron chi connectivity index (χ4n) is 2.16. The molecule has 0 radical (unpaired) electrons. The molecule has 0 spiro atoms. The minimum absolute atomic E-state index is 0.263. The van der Waals surface area contributed by atoms with E-state index in [9.17, 15) is 0 Å². The molecule has 0 aromatic heterocycles. The molecule has 2 unspecified atom stereocenters. The molecule has 0 bridgehead atoms. The van der Waals surface area contributed by atoms with Gasteiger partial charge in [-0.05, 0) is 25.1 Å². The van der Waals surface area contributed by atoms with Crippen molar-refractivity contribution in [3.63, 3.8) is 0 Å². The summed E-state index contributed by atoms with van der Waals surface area (Å²) in [7, 11) is 2.14. The predicted octanol–water partition coefficient (Wildman–Crippen LogP) is 2.15. The highest BCUT2D eigenvalue weighted by Gasteiger charge is 2.31. The van der Waals surface area contributed by atoms with E-state index in [2.05, 4.69) is 46.1 Å². The topological polar surface area (TPSA) is 29.3 Å². The van der Waals surface area contributed by atoms with Crippen LogP contribution in [0.5, 0.6) is 0 Å². The van der Waals surface area contributed by atoms with Gasteiger partial charge in [0.15, 0.2) is 0 Å². The van der Waals surface area contributed by atoms with Crippen molar-refractivity contribution in [2.24, 2.45) is 5.73 Å². The Morgan fingerprint density at radius 2 is 2.14 bits per heavy atom. The predicted molar refractivity (Wildman–Crippen MR) is 62.1 cm³/mol. The Labute approximate surface area is 93.2 Å². The van der Waals surface area contributed by atoms with Gasteiger partial charge in [0.05, 0.1) is 6.04 Å². The lowest BCUT2D eigenvalue weighted by atomic mass is 10.0. The van der Waals surface area contributed by atoms with E-state index >= 15 is 0 Å². The average molecular weight is 255 g/mol. The van der Waals surface area contributed by atoms with Crippen molar-refractivity contribution in [1.82, 2.24) is 4.90 Å². The third-order valence-electron chi connectivity index (χ3n) is 2.92. The number of benzene rings is 1. The van der Waals surface area contributed by atoms with Gasteiger partial charge in [-0.1, -0.05) is 34.1 Å². The van der Waals surface area contributed by atoms with Gasteiger partial charge < -0.3 is 5.73 Å². The second-order valence-corrected chi connectivity index (χ2v) is 4.75. The molecule has 2 atom stereocenters. The van der Waals surface area contributed by atoms with E-state index in [4.69, 9.17) is 5.73 Å². The second-order valence-electron chi connectivity index (χ2n) is 3.90. The van der Waals surface area contributed by atoms with Gasteiger partial charge in [-0.25, -0.2) is 0 Å². The van der Waals surface area contributed by atoms with Gasteiger partial charge in [-0.3, -0.25) is 4.90 Å². The highest BCUT2D eigenvalue weighted by Crippen LogP contribution is 2.33. The maximum Gasteiger partial charge on any atom is 0.0508 e. The third-order valence-corrected chi connectivity index (χ3v) is 3.64. The minimum Gasteiger partial charge on any atom is -0.326 e. The maximum absolute atomic E-state index is 6.11. The van der Waals surface area contributed by atoms with E-state index in [-0.39, 0.29) is 6.04 Å². The lowest BCUT2D eigenvalue weighted by Crippen LogP contribution is -2.29. The molecule has 2 rings (SSSR count). The molecule has 0 saturated carbocycles. The highest BCUT2D eigenvalue weighted by atomic mass is 79.9. The van der Waals surface area contributed by atoms with Crippen LogP contribution in [0.1, 0.15) is 18.0 Å². The van der Waals surface area contributed by atoms with Crippen LogP contribution in [0.2, 0.25) is 0 Å². The summed E-state index contributed by atoms with van der Waals surface area (Å²) in [6.45, 7) is 1.09. The summed E-state index contributed by atoms with van der Waals surface area (Å²) >= 11 is 3.58. The maximum atomic E-state index is 6.11. The summed E-state index contributed by atoms with van der Waals surface area (Å²) in [6, 6.07) is 8.96.